The number of rotatable bonds is 6. The molecular weight excluding hydrogens is 248 g/mol. The molecule has 2 N–H and O–H groups in total. The Hall–Kier alpha value is -1.96. The van der Waals surface area contributed by atoms with Gasteiger partial charge in [-0.25, -0.2) is 4.68 Å². The van der Waals surface area contributed by atoms with Gasteiger partial charge in [-0.05, 0) is 6.92 Å². The summed E-state index contributed by atoms with van der Waals surface area (Å²) >= 11 is 0. The lowest BCUT2D eigenvalue weighted by Crippen LogP contribution is -2.41. The number of carbonyl (C=O) groups is 2. The SMILES string of the molecule is CCN(CC(=O)N(C)C)C(=O)Cn1cc(CN)nn1. The summed E-state index contributed by atoms with van der Waals surface area (Å²) < 4.78 is 1.42. The van der Waals surface area contributed by atoms with Crippen molar-refractivity contribution in [3.63, 3.8) is 0 Å². The Morgan fingerprint density at radius 3 is 2.53 bits per heavy atom. The molecule has 1 rings (SSSR count). The molecule has 1 aromatic heterocycles. The smallest absolute Gasteiger partial charge is 0.244 e. The van der Waals surface area contributed by atoms with Crippen molar-refractivity contribution in [1.29, 1.82) is 0 Å². The summed E-state index contributed by atoms with van der Waals surface area (Å²) in [5.74, 6) is -0.289. The number of amides is 2. The van der Waals surface area contributed by atoms with Gasteiger partial charge in [-0.1, -0.05) is 5.21 Å². The van der Waals surface area contributed by atoms with Crippen LogP contribution in [0.1, 0.15) is 12.6 Å². The van der Waals surface area contributed by atoms with E-state index < -0.39 is 0 Å². The van der Waals surface area contributed by atoms with Crippen LogP contribution in [0.4, 0.5) is 0 Å². The first-order chi connectivity index (χ1) is 8.97. The van der Waals surface area contributed by atoms with E-state index in [0.717, 1.165) is 0 Å². The van der Waals surface area contributed by atoms with Crippen molar-refractivity contribution in [2.75, 3.05) is 27.2 Å². The van der Waals surface area contributed by atoms with Crippen molar-refractivity contribution in [3.8, 4) is 0 Å². The zero-order valence-corrected chi connectivity index (χ0v) is 11.5. The van der Waals surface area contributed by atoms with Crippen LogP contribution >= 0.6 is 0 Å². The van der Waals surface area contributed by atoms with E-state index in [-0.39, 0.29) is 31.4 Å². The first kappa shape index (κ1) is 15.1. The van der Waals surface area contributed by atoms with Gasteiger partial charge in [0.2, 0.25) is 11.8 Å². The molecule has 0 fully saturated rings. The Morgan fingerprint density at radius 2 is 2.05 bits per heavy atom. The van der Waals surface area contributed by atoms with Gasteiger partial charge in [0.05, 0.1) is 18.4 Å². The molecule has 0 radical (unpaired) electrons. The van der Waals surface area contributed by atoms with Crippen LogP contribution in [-0.2, 0) is 22.7 Å². The van der Waals surface area contributed by atoms with E-state index in [0.29, 0.717) is 12.2 Å². The lowest BCUT2D eigenvalue weighted by Gasteiger charge is -2.22. The van der Waals surface area contributed by atoms with Crippen LogP contribution in [0, 0.1) is 0 Å². The number of likely N-dealkylation sites (N-methyl/N-ethyl adjacent to an activating group) is 2. The van der Waals surface area contributed by atoms with Crippen molar-refractivity contribution >= 4 is 11.8 Å². The molecule has 8 heteroatoms. The van der Waals surface area contributed by atoms with Gasteiger partial charge in [-0.2, -0.15) is 0 Å². The molecular formula is C11H20N6O2. The Kier molecular flexibility index (Phi) is 5.43. The lowest BCUT2D eigenvalue weighted by molar-refractivity contribution is -0.139. The molecule has 2 amide bonds. The minimum Gasteiger partial charge on any atom is -0.347 e. The van der Waals surface area contributed by atoms with Gasteiger partial charge in [0, 0.05) is 27.2 Å². The molecule has 0 spiro atoms. The molecule has 0 aliphatic carbocycles. The zero-order chi connectivity index (χ0) is 14.4. The Labute approximate surface area is 112 Å². The van der Waals surface area contributed by atoms with Crippen molar-refractivity contribution in [1.82, 2.24) is 24.8 Å². The molecule has 1 heterocycles. The highest BCUT2D eigenvalue weighted by Gasteiger charge is 2.17. The minimum absolute atomic E-state index is 0.0571. The standard InChI is InChI=1S/C11H20N6O2/c1-4-16(7-10(18)15(2)3)11(19)8-17-6-9(5-12)13-14-17/h6H,4-5,7-8,12H2,1-3H3. The second kappa shape index (κ2) is 6.83. The molecule has 106 valence electrons. The van der Waals surface area contributed by atoms with Gasteiger partial charge in [-0.15, -0.1) is 5.10 Å². The summed E-state index contributed by atoms with van der Waals surface area (Å²) in [6.07, 6.45) is 1.62. The number of nitrogens with zero attached hydrogens (tertiary/aromatic N) is 5. The van der Waals surface area contributed by atoms with Gasteiger partial charge in [-0.3, -0.25) is 9.59 Å². The lowest BCUT2D eigenvalue weighted by atomic mass is 10.4. The van der Waals surface area contributed by atoms with Crippen LogP contribution < -0.4 is 5.73 Å². The number of nitrogens with two attached hydrogens (primary N) is 1. The molecule has 1 aromatic rings. The Bertz CT molecular complexity index is 442. The van der Waals surface area contributed by atoms with Crippen LogP contribution in [0.3, 0.4) is 0 Å². The van der Waals surface area contributed by atoms with Crippen molar-refractivity contribution in [2.24, 2.45) is 5.73 Å². The van der Waals surface area contributed by atoms with E-state index in [1.54, 1.807) is 20.3 Å². The summed E-state index contributed by atoms with van der Waals surface area (Å²) in [5, 5.41) is 7.61. The molecule has 19 heavy (non-hydrogen) atoms. The highest BCUT2D eigenvalue weighted by molar-refractivity contribution is 5.84. The topological polar surface area (TPSA) is 97.4 Å². The van der Waals surface area contributed by atoms with Crippen molar-refractivity contribution in [2.45, 2.75) is 20.0 Å². The predicted molar refractivity (Wildman–Crippen MR) is 68.9 cm³/mol. The van der Waals surface area contributed by atoms with Crippen LogP contribution in [0.5, 0.6) is 0 Å². The fourth-order valence-corrected chi connectivity index (χ4v) is 1.43. The van der Waals surface area contributed by atoms with Gasteiger partial charge < -0.3 is 15.5 Å². The number of carbonyl (C=O) groups excluding carboxylic acids is 2. The Morgan fingerprint density at radius 1 is 1.37 bits per heavy atom. The average molecular weight is 268 g/mol. The van der Waals surface area contributed by atoms with Crippen molar-refractivity contribution < 1.29 is 9.59 Å². The zero-order valence-electron chi connectivity index (χ0n) is 11.5. The largest absolute Gasteiger partial charge is 0.347 e. The third-order valence-corrected chi connectivity index (χ3v) is 2.65. The quantitative estimate of drug-likeness (QED) is 0.689. The molecule has 0 bridgehead atoms. The van der Waals surface area contributed by atoms with Crippen LogP contribution in [0.25, 0.3) is 0 Å². The van der Waals surface area contributed by atoms with E-state index in [4.69, 9.17) is 5.73 Å². The minimum atomic E-state index is -0.175. The number of aromatic nitrogens is 3. The van der Waals surface area contributed by atoms with Crippen LogP contribution in [0.15, 0.2) is 6.20 Å². The Balaban J connectivity index is 2.61. The summed E-state index contributed by atoms with van der Waals surface area (Å²) in [7, 11) is 3.32. The monoisotopic (exact) mass is 268 g/mol. The summed E-state index contributed by atoms with van der Waals surface area (Å²) in [4.78, 5) is 26.6. The molecule has 0 saturated heterocycles. The molecule has 0 aliphatic rings. The van der Waals surface area contributed by atoms with Crippen molar-refractivity contribution in [3.05, 3.63) is 11.9 Å². The summed E-state index contributed by atoms with van der Waals surface area (Å²) in [5.41, 5.74) is 6.04. The fourth-order valence-electron chi connectivity index (χ4n) is 1.43. The fraction of sp³-hybridized carbons (Fsp3) is 0.636. The molecule has 0 aromatic carbocycles. The molecule has 0 atom stereocenters. The highest BCUT2D eigenvalue weighted by atomic mass is 16.2. The highest BCUT2D eigenvalue weighted by Crippen LogP contribution is 1.97. The third-order valence-electron chi connectivity index (χ3n) is 2.65. The van der Waals surface area contributed by atoms with E-state index in [2.05, 4.69) is 10.3 Å². The maximum absolute atomic E-state index is 12.0. The van der Waals surface area contributed by atoms with Gasteiger partial charge in [0.15, 0.2) is 0 Å². The second-order valence-electron chi connectivity index (χ2n) is 4.31. The third kappa shape index (κ3) is 4.32. The average Bonchev–Trinajstić information content (AvgIpc) is 2.82. The number of hydrogen-bond acceptors (Lipinski definition) is 5. The molecule has 8 nitrogen and oxygen atoms in total. The number of hydrogen-bond donors (Lipinski definition) is 1. The van der Waals surface area contributed by atoms with Gasteiger partial charge in [0.25, 0.3) is 0 Å². The molecule has 0 saturated carbocycles. The van der Waals surface area contributed by atoms with E-state index in [9.17, 15) is 9.59 Å². The predicted octanol–water partition coefficient (Wildman–Crippen LogP) is -1.33. The van der Waals surface area contributed by atoms with Crippen LogP contribution in [0.2, 0.25) is 0 Å². The maximum Gasteiger partial charge on any atom is 0.244 e. The summed E-state index contributed by atoms with van der Waals surface area (Å²) in [6.45, 7) is 2.71. The van der Waals surface area contributed by atoms with E-state index >= 15 is 0 Å². The summed E-state index contributed by atoms with van der Waals surface area (Å²) in [6, 6.07) is 0. The van der Waals surface area contributed by atoms with E-state index in [1.807, 2.05) is 6.92 Å². The van der Waals surface area contributed by atoms with Gasteiger partial charge in [0.1, 0.15) is 6.54 Å². The normalized spacial score (nSPS) is 10.3. The van der Waals surface area contributed by atoms with E-state index in [1.165, 1.54) is 14.5 Å². The second-order valence-corrected chi connectivity index (χ2v) is 4.31. The van der Waals surface area contributed by atoms with Crippen LogP contribution in [-0.4, -0.2) is 63.8 Å². The molecule has 0 unspecified atom stereocenters. The first-order valence-electron chi connectivity index (χ1n) is 6.05. The van der Waals surface area contributed by atoms with Gasteiger partial charge >= 0.3 is 0 Å². The first-order valence-corrected chi connectivity index (χ1v) is 6.05. The maximum atomic E-state index is 12.0. The molecule has 0 aliphatic heterocycles.